The Morgan fingerprint density at radius 2 is 2.08 bits per heavy atom. The van der Waals surface area contributed by atoms with E-state index in [9.17, 15) is 4.79 Å². The SMILES string of the molecule is O=C(O)Oc1cc(Cl)ccc1Cl. The lowest BCUT2D eigenvalue weighted by molar-refractivity contribution is 0.144. The molecular formula is C7H4Cl2O3. The first-order chi connectivity index (χ1) is 5.59. The monoisotopic (exact) mass is 206 g/mol. The minimum Gasteiger partial charge on any atom is -0.449 e. The van der Waals surface area contributed by atoms with Gasteiger partial charge in [-0.05, 0) is 12.1 Å². The van der Waals surface area contributed by atoms with Crippen LogP contribution in [0, 0.1) is 0 Å². The molecule has 0 heterocycles. The maximum atomic E-state index is 10.1. The third-order valence-corrected chi connectivity index (χ3v) is 1.64. The summed E-state index contributed by atoms with van der Waals surface area (Å²) in [7, 11) is 0. The summed E-state index contributed by atoms with van der Waals surface area (Å²) in [4.78, 5) is 10.1. The summed E-state index contributed by atoms with van der Waals surface area (Å²) >= 11 is 11.2. The highest BCUT2D eigenvalue weighted by Gasteiger charge is 2.06. The Morgan fingerprint density at radius 3 is 2.67 bits per heavy atom. The van der Waals surface area contributed by atoms with E-state index < -0.39 is 6.16 Å². The molecule has 0 fully saturated rings. The fourth-order valence-corrected chi connectivity index (χ4v) is 0.968. The van der Waals surface area contributed by atoms with Crippen molar-refractivity contribution >= 4 is 29.4 Å². The largest absolute Gasteiger partial charge is 0.511 e. The molecule has 0 aliphatic carbocycles. The lowest BCUT2D eigenvalue weighted by atomic mass is 10.3. The Labute approximate surface area is 78.5 Å². The van der Waals surface area contributed by atoms with E-state index in [0.717, 1.165) is 0 Å². The van der Waals surface area contributed by atoms with E-state index in [2.05, 4.69) is 4.74 Å². The van der Waals surface area contributed by atoms with E-state index in [0.29, 0.717) is 5.02 Å². The molecule has 64 valence electrons. The van der Waals surface area contributed by atoms with Gasteiger partial charge in [-0.2, -0.15) is 0 Å². The molecule has 0 atom stereocenters. The van der Waals surface area contributed by atoms with Gasteiger partial charge in [0.25, 0.3) is 0 Å². The topological polar surface area (TPSA) is 46.5 Å². The lowest BCUT2D eigenvalue weighted by Crippen LogP contribution is -2.03. The molecule has 0 aromatic heterocycles. The average molecular weight is 207 g/mol. The standard InChI is InChI=1S/C7H4Cl2O3/c8-4-1-2-5(9)6(3-4)12-7(10)11/h1-3H,(H,10,11). The second-order valence-corrected chi connectivity index (χ2v) is 2.79. The van der Waals surface area contributed by atoms with Crippen LogP contribution in [-0.4, -0.2) is 11.3 Å². The molecule has 0 amide bonds. The molecule has 1 N–H and O–H groups in total. The highest BCUT2D eigenvalue weighted by Crippen LogP contribution is 2.27. The molecule has 0 saturated carbocycles. The summed E-state index contributed by atoms with van der Waals surface area (Å²) < 4.78 is 4.33. The number of carboxylic acid groups (broad SMARTS) is 1. The molecule has 0 aliphatic rings. The zero-order valence-electron chi connectivity index (χ0n) is 5.75. The summed E-state index contributed by atoms with van der Waals surface area (Å²) in [6, 6.07) is 4.33. The molecule has 5 heteroatoms. The molecule has 0 bridgehead atoms. The van der Waals surface area contributed by atoms with Crippen LogP contribution in [0.5, 0.6) is 5.75 Å². The molecule has 1 rings (SSSR count). The molecule has 1 aromatic carbocycles. The molecule has 0 saturated heterocycles. The van der Waals surface area contributed by atoms with Crippen LogP contribution in [0.1, 0.15) is 0 Å². The zero-order chi connectivity index (χ0) is 9.14. The van der Waals surface area contributed by atoms with Crippen molar-refractivity contribution in [1.82, 2.24) is 0 Å². The van der Waals surface area contributed by atoms with Crippen LogP contribution in [0.3, 0.4) is 0 Å². The Bertz CT molecular complexity index is 312. The quantitative estimate of drug-likeness (QED) is 0.568. The molecule has 12 heavy (non-hydrogen) atoms. The van der Waals surface area contributed by atoms with Crippen LogP contribution >= 0.6 is 23.2 Å². The fourth-order valence-electron chi connectivity index (χ4n) is 0.649. The van der Waals surface area contributed by atoms with Crippen molar-refractivity contribution in [3.63, 3.8) is 0 Å². The Morgan fingerprint density at radius 1 is 1.42 bits per heavy atom. The van der Waals surface area contributed by atoms with Gasteiger partial charge in [-0.3, -0.25) is 0 Å². The summed E-state index contributed by atoms with van der Waals surface area (Å²) in [5.74, 6) is 0.0386. The second-order valence-electron chi connectivity index (χ2n) is 1.94. The van der Waals surface area contributed by atoms with Crippen molar-refractivity contribution in [3.8, 4) is 5.75 Å². The highest BCUT2D eigenvalue weighted by molar-refractivity contribution is 6.34. The van der Waals surface area contributed by atoms with Crippen LogP contribution in [0.2, 0.25) is 10.0 Å². The molecule has 0 unspecified atom stereocenters. The van der Waals surface area contributed by atoms with E-state index in [1.807, 2.05) is 0 Å². The zero-order valence-corrected chi connectivity index (χ0v) is 7.26. The van der Waals surface area contributed by atoms with E-state index in [-0.39, 0.29) is 10.8 Å². The van der Waals surface area contributed by atoms with Crippen molar-refractivity contribution in [2.24, 2.45) is 0 Å². The van der Waals surface area contributed by atoms with E-state index in [1.54, 1.807) is 6.07 Å². The molecule has 0 spiro atoms. The predicted molar refractivity (Wildman–Crippen MR) is 45.1 cm³/mol. The molecule has 0 aliphatic heterocycles. The van der Waals surface area contributed by atoms with Gasteiger partial charge in [-0.1, -0.05) is 23.2 Å². The summed E-state index contributed by atoms with van der Waals surface area (Å²) in [6.45, 7) is 0. The van der Waals surface area contributed by atoms with Crippen molar-refractivity contribution in [2.75, 3.05) is 0 Å². The number of hydrogen-bond acceptors (Lipinski definition) is 2. The number of rotatable bonds is 1. The third kappa shape index (κ3) is 2.29. The molecule has 0 radical (unpaired) electrons. The van der Waals surface area contributed by atoms with Gasteiger partial charge in [0.2, 0.25) is 0 Å². The fraction of sp³-hybridized carbons (Fsp3) is 0. The second kappa shape index (κ2) is 3.65. The van der Waals surface area contributed by atoms with Gasteiger partial charge in [0, 0.05) is 11.1 Å². The van der Waals surface area contributed by atoms with E-state index in [4.69, 9.17) is 28.3 Å². The van der Waals surface area contributed by atoms with Crippen LogP contribution in [0.25, 0.3) is 0 Å². The predicted octanol–water partition coefficient (Wildman–Crippen LogP) is 3.05. The van der Waals surface area contributed by atoms with Gasteiger partial charge in [0.15, 0.2) is 5.75 Å². The number of carbonyl (C=O) groups is 1. The van der Waals surface area contributed by atoms with Gasteiger partial charge in [-0.15, -0.1) is 0 Å². The van der Waals surface area contributed by atoms with E-state index in [1.165, 1.54) is 12.1 Å². The minimum atomic E-state index is -1.42. The smallest absolute Gasteiger partial charge is 0.449 e. The minimum absolute atomic E-state index is 0.0386. The third-order valence-electron chi connectivity index (χ3n) is 1.09. The maximum absolute atomic E-state index is 10.1. The van der Waals surface area contributed by atoms with Crippen LogP contribution < -0.4 is 4.74 Å². The van der Waals surface area contributed by atoms with Gasteiger partial charge in [0.05, 0.1) is 5.02 Å². The lowest BCUT2D eigenvalue weighted by Gasteiger charge is -2.01. The number of ether oxygens (including phenoxy) is 1. The van der Waals surface area contributed by atoms with Crippen LogP contribution in [-0.2, 0) is 0 Å². The Balaban J connectivity index is 2.97. The molecule has 3 nitrogen and oxygen atoms in total. The van der Waals surface area contributed by atoms with Gasteiger partial charge < -0.3 is 9.84 Å². The van der Waals surface area contributed by atoms with Gasteiger partial charge >= 0.3 is 6.16 Å². The molecule has 1 aromatic rings. The van der Waals surface area contributed by atoms with Crippen molar-refractivity contribution in [1.29, 1.82) is 0 Å². The van der Waals surface area contributed by atoms with Crippen molar-refractivity contribution in [3.05, 3.63) is 28.2 Å². The Hall–Kier alpha value is -0.930. The van der Waals surface area contributed by atoms with Gasteiger partial charge in [-0.25, -0.2) is 4.79 Å². The maximum Gasteiger partial charge on any atom is 0.511 e. The highest BCUT2D eigenvalue weighted by atomic mass is 35.5. The van der Waals surface area contributed by atoms with Crippen molar-refractivity contribution < 1.29 is 14.6 Å². The summed E-state index contributed by atoms with van der Waals surface area (Å²) in [5.41, 5.74) is 0. The Kier molecular flexibility index (Phi) is 2.78. The number of hydrogen-bond donors (Lipinski definition) is 1. The summed E-state index contributed by atoms with van der Waals surface area (Å²) in [5, 5.41) is 8.84. The van der Waals surface area contributed by atoms with Crippen molar-refractivity contribution in [2.45, 2.75) is 0 Å². The number of benzene rings is 1. The van der Waals surface area contributed by atoms with Crippen LogP contribution in [0.4, 0.5) is 4.79 Å². The summed E-state index contributed by atoms with van der Waals surface area (Å²) in [6.07, 6.45) is -1.42. The first kappa shape index (κ1) is 9.16. The normalized spacial score (nSPS) is 9.50. The van der Waals surface area contributed by atoms with E-state index >= 15 is 0 Å². The van der Waals surface area contributed by atoms with Crippen LogP contribution in [0.15, 0.2) is 18.2 Å². The first-order valence-electron chi connectivity index (χ1n) is 2.95. The van der Waals surface area contributed by atoms with Gasteiger partial charge in [0.1, 0.15) is 0 Å². The average Bonchev–Trinajstić information content (AvgIpc) is 1.96. The first-order valence-corrected chi connectivity index (χ1v) is 3.71. The molecular weight excluding hydrogens is 203 g/mol. The number of halogens is 2.